The van der Waals surface area contributed by atoms with Crippen molar-refractivity contribution in [3.05, 3.63) is 29.8 Å². The van der Waals surface area contributed by atoms with Crippen LogP contribution in [0.4, 0.5) is 0 Å². The van der Waals surface area contributed by atoms with Gasteiger partial charge in [-0.2, -0.15) is 8.42 Å². The Hall–Kier alpha value is 0.935. The Morgan fingerprint density at radius 3 is 1.83 bits per heavy atom. The summed E-state index contributed by atoms with van der Waals surface area (Å²) in [5.41, 5.74) is 0.726. The largest absolute Gasteiger partial charge is 0.294 e. The number of rotatable bonds is 12. The maximum absolute atomic E-state index is 11.3. The third-order valence-corrected chi connectivity index (χ3v) is 5.00. The van der Waals surface area contributed by atoms with Crippen LogP contribution in [0.5, 0.6) is 0 Å². The fourth-order valence-electron chi connectivity index (χ4n) is 2.76. The van der Waals surface area contributed by atoms with Crippen LogP contribution in [0.3, 0.4) is 0 Å². The van der Waals surface area contributed by atoms with Crippen molar-refractivity contribution in [3.8, 4) is 0 Å². The van der Waals surface area contributed by atoms with E-state index in [-0.39, 0.29) is 63.1 Å². The molecule has 1 aromatic rings. The molecular formula is C18H30O3RbS. The molecule has 0 fully saturated rings. The monoisotopic (exact) mass is 411 g/mol. The number of aryl methyl sites for hydroxylation is 1. The molecule has 1 rings (SSSR count). The first kappa shape index (κ1) is 23.9. The zero-order valence-corrected chi connectivity index (χ0v) is 20.5. The van der Waals surface area contributed by atoms with Gasteiger partial charge in [0.05, 0.1) is 4.90 Å². The SMILES string of the molecule is CCCCCCCCCCCCc1ccccc1S(=O)(=O)O.[Rb]. The normalized spacial score (nSPS) is 11.2. The van der Waals surface area contributed by atoms with Gasteiger partial charge < -0.3 is 0 Å². The maximum Gasteiger partial charge on any atom is 0.294 e. The van der Waals surface area contributed by atoms with Crippen LogP contribution in [-0.4, -0.2) is 71.2 Å². The number of hydrogen-bond acceptors (Lipinski definition) is 2. The molecule has 3 nitrogen and oxygen atoms in total. The van der Waals surface area contributed by atoms with Gasteiger partial charge in [0.15, 0.2) is 0 Å². The molecule has 0 atom stereocenters. The van der Waals surface area contributed by atoms with Gasteiger partial charge in [0.1, 0.15) is 0 Å². The van der Waals surface area contributed by atoms with Crippen LogP contribution in [0.25, 0.3) is 0 Å². The summed E-state index contributed by atoms with van der Waals surface area (Å²) in [5.74, 6) is 0. The van der Waals surface area contributed by atoms with Crippen molar-refractivity contribution in [2.24, 2.45) is 0 Å². The first-order valence-corrected chi connectivity index (χ1v) is 10.0. The van der Waals surface area contributed by atoms with Crippen LogP contribution >= 0.6 is 0 Å². The molecule has 0 unspecified atom stereocenters. The minimum atomic E-state index is -4.10. The Morgan fingerprint density at radius 1 is 0.826 bits per heavy atom. The molecule has 1 N–H and O–H groups in total. The summed E-state index contributed by atoms with van der Waals surface area (Å²) in [6.45, 7) is 2.24. The molecule has 1 radical (unpaired) electrons. The number of unbranched alkanes of at least 4 members (excludes halogenated alkanes) is 9. The van der Waals surface area contributed by atoms with E-state index in [9.17, 15) is 13.0 Å². The first-order valence-electron chi connectivity index (χ1n) is 8.61. The predicted molar refractivity (Wildman–Crippen MR) is 97.6 cm³/mol. The topological polar surface area (TPSA) is 54.4 Å². The average Bonchev–Trinajstić information content (AvgIpc) is 2.48. The van der Waals surface area contributed by atoms with E-state index in [1.165, 1.54) is 57.4 Å². The van der Waals surface area contributed by atoms with E-state index in [1.807, 2.05) is 6.07 Å². The van der Waals surface area contributed by atoms with E-state index in [4.69, 9.17) is 0 Å². The van der Waals surface area contributed by atoms with Crippen LogP contribution in [-0.2, 0) is 16.5 Å². The van der Waals surface area contributed by atoms with E-state index in [2.05, 4.69) is 6.92 Å². The molecule has 0 amide bonds. The van der Waals surface area contributed by atoms with Gasteiger partial charge >= 0.3 is 0 Å². The third kappa shape index (κ3) is 11.2. The molecular weight excluding hydrogens is 382 g/mol. The van der Waals surface area contributed by atoms with Crippen LogP contribution in [0.1, 0.15) is 76.7 Å². The molecule has 0 aliphatic rings. The van der Waals surface area contributed by atoms with Gasteiger partial charge in [-0.3, -0.25) is 4.55 Å². The molecule has 0 bridgehead atoms. The molecule has 127 valence electrons. The van der Waals surface area contributed by atoms with Gasteiger partial charge in [0, 0.05) is 58.2 Å². The second-order valence-corrected chi connectivity index (χ2v) is 7.40. The fourth-order valence-corrected chi connectivity index (χ4v) is 3.52. The van der Waals surface area contributed by atoms with Gasteiger partial charge in [-0.15, -0.1) is 0 Å². The smallest absolute Gasteiger partial charge is 0.282 e. The Labute approximate surface area is 191 Å². The van der Waals surface area contributed by atoms with Gasteiger partial charge in [-0.1, -0.05) is 82.9 Å². The van der Waals surface area contributed by atoms with Crippen molar-refractivity contribution in [2.75, 3.05) is 0 Å². The second-order valence-electron chi connectivity index (χ2n) is 6.01. The Morgan fingerprint density at radius 2 is 1.30 bits per heavy atom. The molecule has 1 aromatic carbocycles. The molecule has 0 spiro atoms. The summed E-state index contributed by atoms with van der Waals surface area (Å²) in [6, 6.07) is 6.73. The van der Waals surface area contributed by atoms with Gasteiger partial charge in [-0.25, -0.2) is 0 Å². The summed E-state index contributed by atoms with van der Waals surface area (Å²) in [4.78, 5) is 0.0610. The third-order valence-electron chi connectivity index (χ3n) is 4.05. The molecule has 0 heterocycles. The van der Waals surface area contributed by atoms with Crippen molar-refractivity contribution in [3.63, 3.8) is 0 Å². The quantitative estimate of drug-likeness (QED) is 0.388. The molecule has 0 aromatic heterocycles. The number of hydrogen-bond donors (Lipinski definition) is 1. The van der Waals surface area contributed by atoms with Crippen LogP contribution in [0, 0.1) is 0 Å². The van der Waals surface area contributed by atoms with E-state index in [0.29, 0.717) is 6.42 Å². The first-order chi connectivity index (χ1) is 10.6. The number of benzene rings is 1. The van der Waals surface area contributed by atoms with Gasteiger partial charge in [0.2, 0.25) is 0 Å². The van der Waals surface area contributed by atoms with Crippen molar-refractivity contribution in [1.29, 1.82) is 0 Å². The molecule has 5 heteroatoms. The summed E-state index contributed by atoms with van der Waals surface area (Å²) in [6.07, 6.45) is 13.3. The van der Waals surface area contributed by atoms with Crippen molar-refractivity contribution in [1.82, 2.24) is 0 Å². The molecule has 0 aliphatic carbocycles. The minimum absolute atomic E-state index is 0. The fraction of sp³-hybridized carbons (Fsp3) is 0.667. The van der Waals surface area contributed by atoms with Gasteiger partial charge in [0.25, 0.3) is 10.1 Å². The van der Waals surface area contributed by atoms with Crippen molar-refractivity contribution in [2.45, 2.75) is 82.4 Å². The Kier molecular flexibility index (Phi) is 14.7. The Bertz CT molecular complexity index is 515. The van der Waals surface area contributed by atoms with E-state index in [0.717, 1.165) is 18.4 Å². The molecule has 23 heavy (non-hydrogen) atoms. The summed E-state index contributed by atoms with van der Waals surface area (Å²) >= 11 is 0. The second kappa shape index (κ2) is 14.1. The van der Waals surface area contributed by atoms with Crippen molar-refractivity contribution >= 4 is 68.3 Å². The zero-order valence-electron chi connectivity index (χ0n) is 14.8. The maximum atomic E-state index is 11.3. The van der Waals surface area contributed by atoms with E-state index >= 15 is 0 Å². The summed E-state index contributed by atoms with van der Waals surface area (Å²) < 4.78 is 31.8. The van der Waals surface area contributed by atoms with E-state index < -0.39 is 10.1 Å². The zero-order chi connectivity index (χ0) is 16.3. The minimum Gasteiger partial charge on any atom is -0.282 e. The standard InChI is InChI=1S/C18H30O3S.Rb/c1-2-3-4-5-6-7-8-9-10-11-14-17-15-12-13-16-18(17)22(19,20)21;/h12-13,15-16H,2-11,14H2,1H3,(H,19,20,21);. The van der Waals surface area contributed by atoms with Crippen LogP contribution in [0.2, 0.25) is 0 Å². The van der Waals surface area contributed by atoms with Crippen LogP contribution in [0.15, 0.2) is 29.2 Å². The molecule has 0 aliphatic heterocycles. The predicted octanol–water partition coefficient (Wildman–Crippen LogP) is 5.02. The summed E-state index contributed by atoms with van der Waals surface area (Å²) in [5, 5.41) is 0. The molecule has 0 saturated heterocycles. The summed E-state index contributed by atoms with van der Waals surface area (Å²) in [7, 11) is -4.10. The van der Waals surface area contributed by atoms with Gasteiger partial charge in [-0.05, 0) is 24.5 Å². The Balaban J connectivity index is 0.00000484. The van der Waals surface area contributed by atoms with E-state index in [1.54, 1.807) is 12.1 Å². The van der Waals surface area contributed by atoms with Crippen molar-refractivity contribution < 1.29 is 13.0 Å². The average molecular weight is 412 g/mol. The van der Waals surface area contributed by atoms with Crippen LogP contribution < -0.4 is 0 Å². The molecule has 0 saturated carbocycles.